The van der Waals surface area contributed by atoms with E-state index in [0.29, 0.717) is 5.75 Å². The number of benzene rings is 1. The molecule has 0 aliphatic heterocycles. The van der Waals surface area contributed by atoms with Gasteiger partial charge >= 0.3 is 5.97 Å². The third-order valence-electron chi connectivity index (χ3n) is 1.60. The molecular formula is C10H11BrO3. The van der Waals surface area contributed by atoms with E-state index in [2.05, 4.69) is 15.9 Å². The predicted octanol–water partition coefficient (Wildman–Crippen LogP) is 2.38. The van der Waals surface area contributed by atoms with Crippen LogP contribution in [0.4, 0.5) is 0 Å². The largest absolute Gasteiger partial charge is 0.497 e. The molecule has 14 heavy (non-hydrogen) atoms. The molecule has 0 heterocycles. The van der Waals surface area contributed by atoms with Crippen LogP contribution in [0, 0.1) is 0 Å². The number of methoxy groups -OCH3 is 1. The molecule has 1 aromatic rings. The second-order valence-corrected chi connectivity index (χ2v) is 4.09. The van der Waals surface area contributed by atoms with Crippen LogP contribution in [0.5, 0.6) is 11.5 Å². The Bertz CT molecular complexity index is 306. The normalized spacial score (nSPS) is 11.9. The minimum absolute atomic E-state index is 0.301. The SMILES string of the molecule is COc1ccc(OC(=O)[C@@H](C)Br)cc1. The van der Waals surface area contributed by atoms with Gasteiger partial charge < -0.3 is 9.47 Å². The van der Waals surface area contributed by atoms with E-state index in [1.807, 2.05) is 0 Å². The summed E-state index contributed by atoms with van der Waals surface area (Å²) in [6.45, 7) is 1.71. The number of hydrogen-bond donors (Lipinski definition) is 0. The van der Waals surface area contributed by atoms with Crippen LogP contribution >= 0.6 is 15.9 Å². The highest BCUT2D eigenvalue weighted by molar-refractivity contribution is 9.10. The Morgan fingerprint density at radius 1 is 1.29 bits per heavy atom. The first-order chi connectivity index (χ1) is 6.63. The van der Waals surface area contributed by atoms with Gasteiger partial charge in [-0.15, -0.1) is 0 Å². The number of ether oxygens (including phenoxy) is 2. The third-order valence-corrected chi connectivity index (χ3v) is 1.98. The van der Waals surface area contributed by atoms with E-state index in [9.17, 15) is 4.79 Å². The molecule has 0 unspecified atom stereocenters. The van der Waals surface area contributed by atoms with Crippen LogP contribution in [-0.4, -0.2) is 17.9 Å². The second kappa shape index (κ2) is 5.00. The van der Waals surface area contributed by atoms with Crippen LogP contribution < -0.4 is 9.47 Å². The molecule has 0 saturated heterocycles. The second-order valence-electron chi connectivity index (χ2n) is 2.71. The van der Waals surface area contributed by atoms with Crippen LogP contribution in [-0.2, 0) is 4.79 Å². The Labute approximate surface area is 91.1 Å². The van der Waals surface area contributed by atoms with Crippen molar-refractivity contribution in [1.29, 1.82) is 0 Å². The zero-order valence-electron chi connectivity index (χ0n) is 7.99. The van der Waals surface area contributed by atoms with Crippen LogP contribution in [0.3, 0.4) is 0 Å². The van der Waals surface area contributed by atoms with Gasteiger partial charge in [0.1, 0.15) is 16.3 Å². The zero-order chi connectivity index (χ0) is 10.6. The first-order valence-electron chi connectivity index (χ1n) is 4.13. The Balaban J connectivity index is 2.64. The van der Waals surface area contributed by atoms with E-state index in [1.54, 1.807) is 38.3 Å². The van der Waals surface area contributed by atoms with Crippen molar-refractivity contribution in [2.24, 2.45) is 0 Å². The average Bonchev–Trinajstić information content (AvgIpc) is 2.19. The molecule has 0 aliphatic rings. The van der Waals surface area contributed by atoms with Crippen LogP contribution in [0.2, 0.25) is 0 Å². The fourth-order valence-corrected chi connectivity index (χ4v) is 0.935. The minimum Gasteiger partial charge on any atom is -0.497 e. The molecule has 0 amide bonds. The number of esters is 1. The lowest BCUT2D eigenvalue weighted by molar-refractivity contribution is -0.133. The van der Waals surface area contributed by atoms with Crippen molar-refractivity contribution in [1.82, 2.24) is 0 Å². The van der Waals surface area contributed by atoms with Gasteiger partial charge in [-0.1, -0.05) is 15.9 Å². The fraction of sp³-hybridized carbons (Fsp3) is 0.300. The van der Waals surface area contributed by atoms with Gasteiger partial charge in [-0.05, 0) is 31.2 Å². The van der Waals surface area contributed by atoms with Crippen LogP contribution in [0.15, 0.2) is 24.3 Å². The molecule has 0 aromatic heterocycles. The third kappa shape index (κ3) is 3.03. The predicted molar refractivity (Wildman–Crippen MR) is 57.0 cm³/mol. The summed E-state index contributed by atoms with van der Waals surface area (Å²) in [6.07, 6.45) is 0. The van der Waals surface area contributed by atoms with E-state index < -0.39 is 0 Å². The summed E-state index contributed by atoms with van der Waals surface area (Å²) in [5.74, 6) is 0.939. The number of halogens is 1. The van der Waals surface area contributed by atoms with Gasteiger partial charge in [-0.2, -0.15) is 0 Å². The van der Waals surface area contributed by atoms with Crippen molar-refractivity contribution < 1.29 is 14.3 Å². The molecule has 0 radical (unpaired) electrons. The maximum absolute atomic E-state index is 11.2. The summed E-state index contributed by atoms with van der Waals surface area (Å²) in [6, 6.07) is 6.85. The van der Waals surface area contributed by atoms with Crippen molar-refractivity contribution in [2.45, 2.75) is 11.8 Å². The smallest absolute Gasteiger partial charge is 0.324 e. The van der Waals surface area contributed by atoms with Gasteiger partial charge in [0.15, 0.2) is 0 Å². The first-order valence-corrected chi connectivity index (χ1v) is 5.05. The highest BCUT2D eigenvalue weighted by Gasteiger charge is 2.10. The molecule has 0 aliphatic carbocycles. The van der Waals surface area contributed by atoms with Gasteiger partial charge in [0.25, 0.3) is 0 Å². The molecule has 4 heteroatoms. The summed E-state index contributed by atoms with van der Waals surface area (Å²) < 4.78 is 10.0. The summed E-state index contributed by atoms with van der Waals surface area (Å²) in [7, 11) is 1.58. The van der Waals surface area contributed by atoms with Gasteiger partial charge in [-0.3, -0.25) is 4.79 Å². The molecule has 1 atom stereocenters. The maximum atomic E-state index is 11.2. The molecule has 1 rings (SSSR count). The van der Waals surface area contributed by atoms with Crippen molar-refractivity contribution in [3.8, 4) is 11.5 Å². The van der Waals surface area contributed by atoms with Gasteiger partial charge in [-0.25, -0.2) is 0 Å². The van der Waals surface area contributed by atoms with E-state index in [4.69, 9.17) is 9.47 Å². The quantitative estimate of drug-likeness (QED) is 0.475. The Morgan fingerprint density at radius 2 is 1.79 bits per heavy atom. The van der Waals surface area contributed by atoms with E-state index in [0.717, 1.165) is 5.75 Å². The maximum Gasteiger partial charge on any atom is 0.324 e. The molecule has 0 bridgehead atoms. The standard InChI is InChI=1S/C10H11BrO3/c1-7(11)10(12)14-9-5-3-8(13-2)4-6-9/h3-7H,1-2H3/t7-/m1/s1. The number of carbonyl (C=O) groups is 1. The van der Waals surface area contributed by atoms with E-state index in [-0.39, 0.29) is 10.8 Å². The number of hydrogen-bond acceptors (Lipinski definition) is 3. The fourth-order valence-electron chi connectivity index (χ4n) is 0.841. The van der Waals surface area contributed by atoms with Crippen molar-refractivity contribution in [2.75, 3.05) is 7.11 Å². The summed E-state index contributed by atoms with van der Waals surface area (Å²) in [5.41, 5.74) is 0. The Morgan fingerprint density at radius 3 is 2.21 bits per heavy atom. The molecule has 0 fully saturated rings. The molecule has 3 nitrogen and oxygen atoms in total. The van der Waals surface area contributed by atoms with E-state index >= 15 is 0 Å². The lowest BCUT2D eigenvalue weighted by Gasteiger charge is -2.06. The number of alkyl halides is 1. The lowest BCUT2D eigenvalue weighted by Crippen LogP contribution is -2.16. The van der Waals surface area contributed by atoms with Crippen molar-refractivity contribution in [3.05, 3.63) is 24.3 Å². The molecule has 0 saturated carbocycles. The van der Waals surface area contributed by atoms with Gasteiger partial charge in [0.2, 0.25) is 0 Å². The Kier molecular flexibility index (Phi) is 3.95. The first kappa shape index (κ1) is 11.0. The zero-order valence-corrected chi connectivity index (χ0v) is 9.58. The average molecular weight is 259 g/mol. The molecule has 76 valence electrons. The topological polar surface area (TPSA) is 35.5 Å². The van der Waals surface area contributed by atoms with Gasteiger partial charge in [0.05, 0.1) is 7.11 Å². The summed E-state index contributed by atoms with van der Waals surface area (Å²) in [4.78, 5) is 10.9. The molecular weight excluding hydrogens is 248 g/mol. The minimum atomic E-state index is -0.310. The van der Waals surface area contributed by atoms with E-state index in [1.165, 1.54) is 0 Å². The molecule has 0 N–H and O–H groups in total. The molecule has 0 spiro atoms. The summed E-state index contributed by atoms with van der Waals surface area (Å²) >= 11 is 3.13. The van der Waals surface area contributed by atoms with Gasteiger partial charge in [0, 0.05) is 0 Å². The number of carbonyl (C=O) groups excluding carboxylic acids is 1. The summed E-state index contributed by atoms with van der Waals surface area (Å²) in [5, 5.41) is 0. The highest BCUT2D eigenvalue weighted by atomic mass is 79.9. The Hall–Kier alpha value is -1.03. The monoisotopic (exact) mass is 258 g/mol. The van der Waals surface area contributed by atoms with Crippen LogP contribution in [0.25, 0.3) is 0 Å². The van der Waals surface area contributed by atoms with Crippen molar-refractivity contribution in [3.63, 3.8) is 0 Å². The molecule has 1 aromatic carbocycles. The van der Waals surface area contributed by atoms with Crippen LogP contribution in [0.1, 0.15) is 6.92 Å². The highest BCUT2D eigenvalue weighted by Crippen LogP contribution is 2.18. The lowest BCUT2D eigenvalue weighted by atomic mass is 10.3. The van der Waals surface area contributed by atoms with Crippen molar-refractivity contribution >= 4 is 21.9 Å². The number of rotatable bonds is 3.